The Kier molecular flexibility index (Phi) is 3.20. The van der Waals surface area contributed by atoms with E-state index in [4.69, 9.17) is 5.73 Å². The average molecular weight is 233 g/mol. The maximum absolute atomic E-state index is 11.5. The van der Waals surface area contributed by atoms with Gasteiger partial charge in [-0.3, -0.25) is 4.79 Å². The second-order valence-corrected chi connectivity index (χ2v) is 5.11. The van der Waals surface area contributed by atoms with Crippen molar-refractivity contribution in [3.05, 3.63) is 35.4 Å². The SMILES string of the molecule is Cc1cccc(CC(CN)(C(=O)O)C2CC2)c1. The monoisotopic (exact) mass is 233 g/mol. The Balaban J connectivity index is 2.26. The highest BCUT2D eigenvalue weighted by molar-refractivity contribution is 5.76. The average Bonchev–Trinajstić information content (AvgIpc) is 3.09. The van der Waals surface area contributed by atoms with Gasteiger partial charge in [0.2, 0.25) is 0 Å². The Morgan fingerprint density at radius 1 is 1.53 bits per heavy atom. The predicted molar refractivity (Wildman–Crippen MR) is 66.7 cm³/mol. The summed E-state index contributed by atoms with van der Waals surface area (Å²) in [6.45, 7) is 2.24. The first kappa shape index (κ1) is 12.1. The minimum Gasteiger partial charge on any atom is -0.481 e. The second-order valence-electron chi connectivity index (χ2n) is 5.11. The topological polar surface area (TPSA) is 63.3 Å². The van der Waals surface area contributed by atoms with E-state index in [0.717, 1.165) is 24.0 Å². The van der Waals surface area contributed by atoms with Crippen LogP contribution < -0.4 is 5.73 Å². The van der Waals surface area contributed by atoms with Gasteiger partial charge in [-0.2, -0.15) is 0 Å². The smallest absolute Gasteiger partial charge is 0.311 e. The van der Waals surface area contributed by atoms with Crippen molar-refractivity contribution in [2.45, 2.75) is 26.2 Å². The van der Waals surface area contributed by atoms with E-state index in [1.54, 1.807) is 0 Å². The largest absolute Gasteiger partial charge is 0.481 e. The van der Waals surface area contributed by atoms with Gasteiger partial charge in [0.1, 0.15) is 0 Å². The fraction of sp³-hybridized carbons (Fsp3) is 0.500. The van der Waals surface area contributed by atoms with E-state index in [-0.39, 0.29) is 12.5 Å². The van der Waals surface area contributed by atoms with Crippen LogP contribution in [0.3, 0.4) is 0 Å². The zero-order valence-corrected chi connectivity index (χ0v) is 10.1. The third kappa shape index (κ3) is 2.34. The molecule has 92 valence electrons. The van der Waals surface area contributed by atoms with Crippen molar-refractivity contribution in [3.8, 4) is 0 Å². The van der Waals surface area contributed by atoms with Crippen LogP contribution in [0, 0.1) is 18.3 Å². The quantitative estimate of drug-likeness (QED) is 0.817. The maximum Gasteiger partial charge on any atom is 0.311 e. The summed E-state index contributed by atoms with van der Waals surface area (Å²) in [6, 6.07) is 8.03. The number of nitrogens with two attached hydrogens (primary N) is 1. The second kappa shape index (κ2) is 4.49. The molecule has 0 saturated heterocycles. The van der Waals surface area contributed by atoms with E-state index in [9.17, 15) is 9.90 Å². The van der Waals surface area contributed by atoms with Crippen LogP contribution in [0.25, 0.3) is 0 Å². The predicted octanol–water partition coefficient (Wildman–Crippen LogP) is 1.98. The number of aliphatic carboxylic acids is 1. The van der Waals surface area contributed by atoms with Gasteiger partial charge in [-0.05, 0) is 37.7 Å². The highest BCUT2D eigenvalue weighted by Crippen LogP contribution is 2.47. The molecule has 0 amide bonds. The number of rotatable bonds is 5. The van der Waals surface area contributed by atoms with Gasteiger partial charge in [0.15, 0.2) is 0 Å². The molecule has 0 heterocycles. The molecule has 3 heteroatoms. The zero-order valence-electron chi connectivity index (χ0n) is 10.1. The molecule has 0 bridgehead atoms. The molecule has 3 nitrogen and oxygen atoms in total. The Hall–Kier alpha value is -1.35. The van der Waals surface area contributed by atoms with E-state index >= 15 is 0 Å². The fourth-order valence-corrected chi connectivity index (χ4v) is 2.54. The van der Waals surface area contributed by atoms with Crippen LogP contribution in [0.2, 0.25) is 0 Å². The summed E-state index contributed by atoms with van der Waals surface area (Å²) in [5, 5.41) is 9.48. The van der Waals surface area contributed by atoms with Crippen molar-refractivity contribution in [1.82, 2.24) is 0 Å². The van der Waals surface area contributed by atoms with Crippen LogP contribution in [-0.4, -0.2) is 17.6 Å². The van der Waals surface area contributed by atoms with Crippen LogP contribution in [0.15, 0.2) is 24.3 Å². The van der Waals surface area contributed by atoms with E-state index in [0.29, 0.717) is 6.42 Å². The van der Waals surface area contributed by atoms with Gasteiger partial charge in [0.25, 0.3) is 0 Å². The van der Waals surface area contributed by atoms with Crippen molar-refractivity contribution in [2.75, 3.05) is 6.54 Å². The Morgan fingerprint density at radius 3 is 2.71 bits per heavy atom. The Labute approximate surface area is 102 Å². The summed E-state index contributed by atoms with van der Waals surface area (Å²) in [5.74, 6) is -0.491. The molecule has 1 aliphatic carbocycles. The van der Waals surface area contributed by atoms with E-state index in [1.165, 1.54) is 0 Å². The van der Waals surface area contributed by atoms with Crippen LogP contribution in [0.5, 0.6) is 0 Å². The molecule has 0 spiro atoms. The van der Waals surface area contributed by atoms with Crippen LogP contribution in [-0.2, 0) is 11.2 Å². The molecule has 17 heavy (non-hydrogen) atoms. The van der Waals surface area contributed by atoms with Gasteiger partial charge >= 0.3 is 5.97 Å². The third-order valence-electron chi connectivity index (χ3n) is 3.75. The number of hydrogen-bond acceptors (Lipinski definition) is 2. The molecule has 0 aromatic heterocycles. The lowest BCUT2D eigenvalue weighted by Crippen LogP contribution is -2.42. The third-order valence-corrected chi connectivity index (χ3v) is 3.75. The van der Waals surface area contributed by atoms with E-state index in [2.05, 4.69) is 6.07 Å². The Bertz CT molecular complexity index is 426. The molecule has 1 aromatic carbocycles. The van der Waals surface area contributed by atoms with Gasteiger partial charge in [0, 0.05) is 6.54 Å². The van der Waals surface area contributed by atoms with Crippen molar-refractivity contribution in [1.29, 1.82) is 0 Å². The molecule has 1 saturated carbocycles. The van der Waals surface area contributed by atoms with E-state index in [1.807, 2.05) is 25.1 Å². The number of carboxylic acids is 1. The zero-order chi connectivity index (χ0) is 12.5. The normalized spacial score (nSPS) is 18.7. The van der Waals surface area contributed by atoms with Gasteiger partial charge in [-0.1, -0.05) is 29.8 Å². The van der Waals surface area contributed by atoms with Gasteiger partial charge in [0.05, 0.1) is 5.41 Å². The summed E-state index contributed by atoms with van der Waals surface area (Å²) in [5.41, 5.74) is 7.23. The van der Waals surface area contributed by atoms with Crippen molar-refractivity contribution < 1.29 is 9.90 Å². The molecular weight excluding hydrogens is 214 g/mol. The Morgan fingerprint density at radius 2 is 2.24 bits per heavy atom. The lowest BCUT2D eigenvalue weighted by molar-refractivity contribution is -0.149. The van der Waals surface area contributed by atoms with Gasteiger partial charge < -0.3 is 10.8 Å². The molecule has 1 fully saturated rings. The van der Waals surface area contributed by atoms with Crippen LogP contribution >= 0.6 is 0 Å². The molecule has 1 aromatic rings. The van der Waals surface area contributed by atoms with Crippen molar-refractivity contribution in [3.63, 3.8) is 0 Å². The summed E-state index contributed by atoms with van der Waals surface area (Å²) in [4.78, 5) is 11.5. The molecule has 1 atom stereocenters. The minimum atomic E-state index is -0.756. The number of hydrogen-bond donors (Lipinski definition) is 2. The van der Waals surface area contributed by atoms with E-state index < -0.39 is 11.4 Å². The molecule has 0 radical (unpaired) electrons. The summed E-state index contributed by atoms with van der Waals surface area (Å²) < 4.78 is 0. The van der Waals surface area contributed by atoms with Crippen LogP contribution in [0.4, 0.5) is 0 Å². The lowest BCUT2D eigenvalue weighted by atomic mass is 9.77. The molecule has 1 aliphatic rings. The number of carbonyl (C=O) groups is 1. The molecule has 2 rings (SSSR count). The summed E-state index contributed by atoms with van der Waals surface area (Å²) in [7, 11) is 0. The number of carboxylic acid groups (broad SMARTS) is 1. The van der Waals surface area contributed by atoms with Gasteiger partial charge in [-0.25, -0.2) is 0 Å². The number of benzene rings is 1. The molecular formula is C14H19NO2. The molecule has 0 aliphatic heterocycles. The number of aryl methyl sites for hydroxylation is 1. The van der Waals surface area contributed by atoms with Crippen molar-refractivity contribution in [2.24, 2.45) is 17.1 Å². The maximum atomic E-state index is 11.5. The van der Waals surface area contributed by atoms with Crippen molar-refractivity contribution >= 4 is 5.97 Å². The molecule has 1 unspecified atom stereocenters. The minimum absolute atomic E-state index is 0.223. The molecule has 3 N–H and O–H groups in total. The first-order chi connectivity index (χ1) is 8.08. The highest BCUT2D eigenvalue weighted by Gasteiger charge is 2.50. The lowest BCUT2D eigenvalue weighted by Gasteiger charge is -2.28. The highest BCUT2D eigenvalue weighted by atomic mass is 16.4. The summed E-state index contributed by atoms with van der Waals surface area (Å²) >= 11 is 0. The standard InChI is InChI=1S/C14H19NO2/c1-10-3-2-4-11(7-10)8-14(9-15,13(16)17)12-5-6-12/h2-4,7,12H,5-6,8-9,15H2,1H3,(H,16,17). The fourth-order valence-electron chi connectivity index (χ4n) is 2.54. The van der Waals surface area contributed by atoms with Gasteiger partial charge in [-0.15, -0.1) is 0 Å². The first-order valence-corrected chi connectivity index (χ1v) is 6.07. The van der Waals surface area contributed by atoms with Crippen LogP contribution in [0.1, 0.15) is 24.0 Å². The summed E-state index contributed by atoms with van der Waals surface area (Å²) in [6.07, 6.45) is 2.54. The first-order valence-electron chi connectivity index (χ1n) is 6.07.